The van der Waals surface area contributed by atoms with Gasteiger partial charge in [-0.3, -0.25) is 4.21 Å². The molecule has 0 unspecified atom stereocenters. The Balaban J connectivity index is 2.06. The van der Waals surface area contributed by atoms with Crippen molar-refractivity contribution in [3.63, 3.8) is 0 Å². The summed E-state index contributed by atoms with van der Waals surface area (Å²) in [6.45, 7) is 0.995. The van der Waals surface area contributed by atoms with E-state index in [0.717, 1.165) is 13.0 Å². The highest BCUT2D eigenvalue weighted by Gasteiger charge is 2.18. The first-order chi connectivity index (χ1) is 8.31. The largest absolute Gasteiger partial charge is 0.313 e. The Hall–Kier alpha value is -1.25. The van der Waals surface area contributed by atoms with Gasteiger partial charge in [0.05, 0.1) is 16.4 Å². The Morgan fingerprint density at radius 2 is 2.47 bits per heavy atom. The molecule has 1 aliphatic rings. The summed E-state index contributed by atoms with van der Waals surface area (Å²) in [5.41, 5.74) is 0.418. The van der Waals surface area contributed by atoms with Crippen LogP contribution in [0.2, 0.25) is 0 Å². The van der Waals surface area contributed by atoms with E-state index in [9.17, 15) is 4.21 Å². The van der Waals surface area contributed by atoms with Crippen LogP contribution in [0, 0.1) is 11.3 Å². The zero-order chi connectivity index (χ0) is 12.1. The van der Waals surface area contributed by atoms with Crippen LogP contribution in [0.5, 0.6) is 0 Å². The maximum absolute atomic E-state index is 12.2. The van der Waals surface area contributed by atoms with Crippen molar-refractivity contribution < 1.29 is 4.21 Å². The molecule has 1 saturated heterocycles. The molecule has 0 aromatic carbocycles. The van der Waals surface area contributed by atoms with Gasteiger partial charge in [-0.2, -0.15) is 5.26 Å². The average molecular weight is 249 g/mol. The lowest BCUT2D eigenvalue weighted by molar-refractivity contribution is 0.427. The molecule has 0 radical (unpaired) electrons. The van der Waals surface area contributed by atoms with E-state index in [1.165, 1.54) is 12.8 Å². The van der Waals surface area contributed by atoms with E-state index in [1.54, 1.807) is 18.3 Å². The van der Waals surface area contributed by atoms with E-state index < -0.39 is 10.8 Å². The van der Waals surface area contributed by atoms with Crippen molar-refractivity contribution in [1.29, 1.82) is 5.26 Å². The number of aromatic nitrogens is 1. The number of piperidine rings is 1. The van der Waals surface area contributed by atoms with Gasteiger partial charge in [-0.1, -0.05) is 6.42 Å². The van der Waals surface area contributed by atoms with E-state index in [0.29, 0.717) is 16.3 Å². The third kappa shape index (κ3) is 3.11. The molecule has 0 bridgehead atoms. The lowest BCUT2D eigenvalue weighted by atomic mass is 10.1. The van der Waals surface area contributed by atoms with Gasteiger partial charge in [0.2, 0.25) is 0 Å². The van der Waals surface area contributed by atoms with Crippen LogP contribution in [0.25, 0.3) is 0 Å². The SMILES string of the molecule is N#Cc1cccnc1[S@@](=O)C[C@@H]1CCCCN1. The minimum Gasteiger partial charge on any atom is -0.313 e. The third-order valence-electron chi connectivity index (χ3n) is 2.87. The summed E-state index contributed by atoms with van der Waals surface area (Å²) in [4.78, 5) is 4.06. The number of nitriles is 1. The molecule has 1 fully saturated rings. The van der Waals surface area contributed by atoms with Crippen LogP contribution in [-0.2, 0) is 10.8 Å². The molecule has 4 nitrogen and oxygen atoms in total. The van der Waals surface area contributed by atoms with Gasteiger partial charge in [0.15, 0.2) is 0 Å². The van der Waals surface area contributed by atoms with E-state index >= 15 is 0 Å². The van der Waals surface area contributed by atoms with Gasteiger partial charge in [0.25, 0.3) is 0 Å². The summed E-state index contributed by atoms with van der Waals surface area (Å²) in [6.07, 6.45) is 5.02. The molecule has 0 aliphatic carbocycles. The average Bonchev–Trinajstić information content (AvgIpc) is 2.40. The predicted octanol–water partition coefficient (Wildman–Crippen LogP) is 1.20. The molecule has 1 aromatic rings. The second-order valence-corrected chi connectivity index (χ2v) is 5.54. The van der Waals surface area contributed by atoms with Gasteiger partial charge in [0.1, 0.15) is 11.1 Å². The summed E-state index contributed by atoms with van der Waals surface area (Å²) < 4.78 is 12.2. The molecule has 2 atom stereocenters. The molecule has 0 saturated carbocycles. The van der Waals surface area contributed by atoms with Crippen LogP contribution in [-0.4, -0.2) is 27.5 Å². The number of rotatable bonds is 3. The highest BCUT2D eigenvalue weighted by atomic mass is 32.2. The summed E-state index contributed by atoms with van der Waals surface area (Å²) in [7, 11) is -1.19. The standard InChI is InChI=1S/C12H15N3OS/c13-8-10-4-3-7-15-12(10)17(16)9-11-5-1-2-6-14-11/h3-4,7,11,14H,1-2,5-6,9H2/t11-,17-/m0/s1. The third-order valence-corrected chi connectivity index (χ3v) is 4.33. The van der Waals surface area contributed by atoms with Crippen molar-refractivity contribution >= 4 is 10.8 Å². The fourth-order valence-electron chi connectivity index (χ4n) is 1.99. The Morgan fingerprint density at radius 3 is 3.18 bits per heavy atom. The van der Waals surface area contributed by atoms with Gasteiger partial charge < -0.3 is 5.32 Å². The lowest BCUT2D eigenvalue weighted by Gasteiger charge is -2.22. The molecule has 2 heterocycles. The highest BCUT2D eigenvalue weighted by molar-refractivity contribution is 7.85. The van der Waals surface area contributed by atoms with Gasteiger partial charge in [0, 0.05) is 18.0 Å². The van der Waals surface area contributed by atoms with Gasteiger partial charge in [-0.25, -0.2) is 4.98 Å². The number of nitrogens with one attached hydrogen (secondary N) is 1. The molecule has 1 aliphatic heterocycles. The molecular weight excluding hydrogens is 234 g/mol. The Labute approximate surface area is 104 Å². The van der Waals surface area contributed by atoms with E-state index in [-0.39, 0.29) is 6.04 Å². The van der Waals surface area contributed by atoms with Crippen molar-refractivity contribution in [3.8, 4) is 6.07 Å². The molecule has 17 heavy (non-hydrogen) atoms. The van der Waals surface area contributed by atoms with Gasteiger partial charge in [-0.15, -0.1) is 0 Å². The van der Waals surface area contributed by atoms with Crippen molar-refractivity contribution in [1.82, 2.24) is 10.3 Å². The van der Waals surface area contributed by atoms with Crippen molar-refractivity contribution in [2.24, 2.45) is 0 Å². The topological polar surface area (TPSA) is 65.8 Å². The van der Waals surface area contributed by atoms with Gasteiger partial charge in [-0.05, 0) is 31.5 Å². The molecule has 1 aromatic heterocycles. The first-order valence-electron chi connectivity index (χ1n) is 5.78. The predicted molar refractivity (Wildman–Crippen MR) is 65.9 cm³/mol. The first kappa shape index (κ1) is 12.2. The van der Waals surface area contributed by atoms with Crippen LogP contribution in [0.1, 0.15) is 24.8 Å². The Kier molecular flexibility index (Phi) is 4.24. The molecule has 1 N–H and O–H groups in total. The monoisotopic (exact) mass is 249 g/mol. The van der Waals surface area contributed by atoms with Crippen molar-refractivity contribution in [2.75, 3.05) is 12.3 Å². The molecule has 2 rings (SSSR count). The minimum absolute atomic E-state index is 0.290. The fourth-order valence-corrected chi connectivity index (χ4v) is 3.33. The van der Waals surface area contributed by atoms with Crippen molar-refractivity contribution in [2.45, 2.75) is 30.3 Å². The number of pyridine rings is 1. The second kappa shape index (κ2) is 5.89. The zero-order valence-electron chi connectivity index (χ0n) is 9.56. The van der Waals surface area contributed by atoms with Gasteiger partial charge >= 0.3 is 0 Å². The van der Waals surface area contributed by atoms with E-state index in [2.05, 4.69) is 10.3 Å². The van der Waals surface area contributed by atoms with Crippen LogP contribution in [0.15, 0.2) is 23.4 Å². The summed E-state index contributed by atoms with van der Waals surface area (Å²) >= 11 is 0. The summed E-state index contributed by atoms with van der Waals surface area (Å²) in [5, 5.41) is 12.7. The van der Waals surface area contributed by atoms with Crippen molar-refractivity contribution in [3.05, 3.63) is 23.9 Å². The number of hydrogen-bond acceptors (Lipinski definition) is 4. The first-order valence-corrected chi connectivity index (χ1v) is 7.10. The molecule has 90 valence electrons. The van der Waals surface area contributed by atoms with Crippen LogP contribution in [0.4, 0.5) is 0 Å². The molecule has 0 amide bonds. The van der Waals surface area contributed by atoms with Crippen LogP contribution in [0.3, 0.4) is 0 Å². The normalized spacial score (nSPS) is 21.7. The Bertz CT molecular complexity index is 449. The van der Waals surface area contributed by atoms with Crippen LogP contribution >= 0.6 is 0 Å². The molecule has 5 heteroatoms. The minimum atomic E-state index is -1.19. The van der Waals surface area contributed by atoms with E-state index in [4.69, 9.17) is 5.26 Å². The molecular formula is C12H15N3OS. The maximum atomic E-state index is 12.2. The van der Waals surface area contributed by atoms with E-state index in [1.807, 2.05) is 6.07 Å². The summed E-state index contributed by atoms with van der Waals surface area (Å²) in [6, 6.07) is 5.68. The lowest BCUT2D eigenvalue weighted by Crippen LogP contribution is -2.38. The number of nitrogens with zero attached hydrogens (tertiary/aromatic N) is 2. The molecule has 0 spiro atoms. The fraction of sp³-hybridized carbons (Fsp3) is 0.500. The number of hydrogen-bond donors (Lipinski definition) is 1. The highest BCUT2D eigenvalue weighted by Crippen LogP contribution is 2.14. The maximum Gasteiger partial charge on any atom is 0.144 e. The summed E-state index contributed by atoms with van der Waals surface area (Å²) in [5.74, 6) is 0.547. The zero-order valence-corrected chi connectivity index (χ0v) is 10.4. The quantitative estimate of drug-likeness (QED) is 0.874. The Morgan fingerprint density at radius 1 is 1.59 bits per heavy atom. The van der Waals surface area contributed by atoms with Crippen LogP contribution < -0.4 is 5.32 Å². The second-order valence-electron chi connectivity index (χ2n) is 4.13. The smallest absolute Gasteiger partial charge is 0.144 e.